The smallest absolute Gasteiger partial charge is 0.251 e. The molecule has 6 nitrogen and oxygen atoms in total. The molecule has 2 aromatic rings. The molecule has 2 N–H and O–H groups in total. The molecule has 0 radical (unpaired) electrons. The fraction of sp³-hybridized carbons (Fsp3) is 0.357. The number of anilines is 1. The number of benzene rings is 1. The van der Waals surface area contributed by atoms with E-state index in [-0.39, 0.29) is 5.91 Å². The SMILES string of the molecule is CNc1ccc(C(=O)NCCc2nncn2C)cc1C. The molecular weight excluding hydrogens is 254 g/mol. The fourth-order valence-corrected chi connectivity index (χ4v) is 2.01. The first-order chi connectivity index (χ1) is 9.61. The lowest BCUT2D eigenvalue weighted by Gasteiger charge is -2.08. The fourth-order valence-electron chi connectivity index (χ4n) is 2.01. The summed E-state index contributed by atoms with van der Waals surface area (Å²) < 4.78 is 1.85. The number of aryl methyl sites for hydroxylation is 2. The van der Waals surface area contributed by atoms with Crippen molar-refractivity contribution in [2.45, 2.75) is 13.3 Å². The van der Waals surface area contributed by atoms with Crippen LogP contribution in [0.25, 0.3) is 0 Å². The van der Waals surface area contributed by atoms with Gasteiger partial charge in [-0.05, 0) is 30.7 Å². The standard InChI is InChI=1S/C14H19N5O/c1-10-8-11(4-5-12(10)15-2)14(20)16-7-6-13-18-17-9-19(13)3/h4-5,8-9,15H,6-7H2,1-3H3,(H,16,20). The van der Waals surface area contributed by atoms with E-state index in [0.29, 0.717) is 18.5 Å². The zero-order valence-corrected chi connectivity index (χ0v) is 12.0. The molecule has 0 atom stereocenters. The third-order valence-corrected chi connectivity index (χ3v) is 3.20. The number of carbonyl (C=O) groups is 1. The minimum Gasteiger partial charge on any atom is -0.388 e. The van der Waals surface area contributed by atoms with E-state index in [2.05, 4.69) is 20.8 Å². The molecule has 0 spiro atoms. The third-order valence-electron chi connectivity index (χ3n) is 3.20. The molecule has 20 heavy (non-hydrogen) atoms. The first-order valence-electron chi connectivity index (χ1n) is 6.51. The normalized spacial score (nSPS) is 10.3. The Morgan fingerprint density at radius 1 is 1.40 bits per heavy atom. The van der Waals surface area contributed by atoms with E-state index in [1.165, 1.54) is 0 Å². The van der Waals surface area contributed by atoms with E-state index < -0.39 is 0 Å². The van der Waals surface area contributed by atoms with E-state index in [4.69, 9.17) is 0 Å². The minimum atomic E-state index is -0.0714. The maximum absolute atomic E-state index is 12.0. The van der Waals surface area contributed by atoms with E-state index >= 15 is 0 Å². The van der Waals surface area contributed by atoms with Crippen LogP contribution < -0.4 is 10.6 Å². The quantitative estimate of drug-likeness (QED) is 0.857. The highest BCUT2D eigenvalue weighted by molar-refractivity contribution is 5.94. The van der Waals surface area contributed by atoms with Gasteiger partial charge in [-0.25, -0.2) is 0 Å². The van der Waals surface area contributed by atoms with Crippen molar-refractivity contribution in [3.63, 3.8) is 0 Å². The number of amides is 1. The predicted octanol–water partition coefficient (Wildman–Crippen LogP) is 1.14. The van der Waals surface area contributed by atoms with Gasteiger partial charge in [0, 0.05) is 38.3 Å². The van der Waals surface area contributed by atoms with E-state index in [1.807, 2.05) is 43.8 Å². The monoisotopic (exact) mass is 273 g/mol. The number of carbonyl (C=O) groups excluding carboxylic acids is 1. The highest BCUT2D eigenvalue weighted by atomic mass is 16.1. The van der Waals surface area contributed by atoms with Crippen LogP contribution in [0.4, 0.5) is 5.69 Å². The highest BCUT2D eigenvalue weighted by Gasteiger charge is 2.07. The number of aromatic nitrogens is 3. The van der Waals surface area contributed by atoms with Crippen molar-refractivity contribution in [3.05, 3.63) is 41.5 Å². The van der Waals surface area contributed by atoms with Gasteiger partial charge in [0.25, 0.3) is 5.91 Å². The molecule has 1 aromatic heterocycles. The van der Waals surface area contributed by atoms with Gasteiger partial charge in [0.05, 0.1) is 0 Å². The summed E-state index contributed by atoms with van der Waals surface area (Å²) in [6.45, 7) is 2.51. The molecule has 1 amide bonds. The Morgan fingerprint density at radius 3 is 2.80 bits per heavy atom. The van der Waals surface area contributed by atoms with Crippen LogP contribution in [0.5, 0.6) is 0 Å². The Kier molecular flexibility index (Phi) is 4.34. The number of nitrogens with one attached hydrogen (secondary N) is 2. The molecule has 106 valence electrons. The van der Waals surface area contributed by atoms with Crippen molar-refractivity contribution >= 4 is 11.6 Å². The second kappa shape index (κ2) is 6.18. The van der Waals surface area contributed by atoms with Crippen LogP contribution in [0, 0.1) is 6.92 Å². The van der Waals surface area contributed by atoms with Crippen molar-refractivity contribution in [2.75, 3.05) is 18.9 Å². The van der Waals surface area contributed by atoms with Crippen LogP contribution in [0.2, 0.25) is 0 Å². The van der Waals surface area contributed by atoms with Crippen molar-refractivity contribution in [1.82, 2.24) is 20.1 Å². The molecule has 6 heteroatoms. The summed E-state index contributed by atoms with van der Waals surface area (Å²) in [4.78, 5) is 12.0. The summed E-state index contributed by atoms with van der Waals surface area (Å²) in [5, 5.41) is 13.7. The Balaban J connectivity index is 1.92. The lowest BCUT2D eigenvalue weighted by Crippen LogP contribution is -2.26. The van der Waals surface area contributed by atoms with Crippen molar-refractivity contribution in [3.8, 4) is 0 Å². The summed E-state index contributed by atoms with van der Waals surface area (Å²) in [7, 11) is 3.75. The Hall–Kier alpha value is -2.37. The van der Waals surface area contributed by atoms with Crippen molar-refractivity contribution in [2.24, 2.45) is 7.05 Å². The molecular formula is C14H19N5O. The van der Waals surface area contributed by atoms with Crippen LogP contribution >= 0.6 is 0 Å². The van der Waals surface area contributed by atoms with Gasteiger partial charge in [-0.1, -0.05) is 0 Å². The van der Waals surface area contributed by atoms with Crippen molar-refractivity contribution < 1.29 is 4.79 Å². The largest absolute Gasteiger partial charge is 0.388 e. The molecule has 0 bridgehead atoms. The second-order valence-electron chi connectivity index (χ2n) is 4.64. The predicted molar refractivity (Wildman–Crippen MR) is 77.8 cm³/mol. The number of hydrogen-bond donors (Lipinski definition) is 2. The van der Waals surface area contributed by atoms with Gasteiger partial charge in [0.1, 0.15) is 12.2 Å². The Labute approximate surface area is 118 Å². The van der Waals surface area contributed by atoms with E-state index in [1.54, 1.807) is 6.33 Å². The third kappa shape index (κ3) is 3.14. The summed E-state index contributed by atoms with van der Waals surface area (Å²) in [6.07, 6.45) is 2.31. The minimum absolute atomic E-state index is 0.0714. The molecule has 0 fully saturated rings. The Bertz CT molecular complexity index is 605. The van der Waals surface area contributed by atoms with Gasteiger partial charge in [-0.2, -0.15) is 0 Å². The van der Waals surface area contributed by atoms with Gasteiger partial charge in [0.15, 0.2) is 0 Å². The topological polar surface area (TPSA) is 71.8 Å². The molecule has 1 aromatic carbocycles. The second-order valence-corrected chi connectivity index (χ2v) is 4.64. The zero-order valence-electron chi connectivity index (χ0n) is 12.0. The first kappa shape index (κ1) is 14.0. The molecule has 0 unspecified atom stereocenters. The van der Waals surface area contributed by atoms with Gasteiger partial charge in [-0.3, -0.25) is 4.79 Å². The number of hydrogen-bond acceptors (Lipinski definition) is 4. The number of rotatable bonds is 5. The maximum atomic E-state index is 12.0. The first-order valence-corrected chi connectivity index (χ1v) is 6.51. The van der Waals surface area contributed by atoms with Crippen LogP contribution in [0.1, 0.15) is 21.7 Å². The average Bonchev–Trinajstić information content (AvgIpc) is 2.84. The van der Waals surface area contributed by atoms with Crippen LogP contribution in [-0.2, 0) is 13.5 Å². The van der Waals surface area contributed by atoms with E-state index in [0.717, 1.165) is 17.1 Å². The molecule has 0 saturated carbocycles. The molecule has 2 rings (SSSR count). The summed E-state index contributed by atoms with van der Waals surface area (Å²) >= 11 is 0. The summed E-state index contributed by atoms with van der Waals surface area (Å²) in [5.41, 5.74) is 2.74. The van der Waals surface area contributed by atoms with Crippen LogP contribution in [0.3, 0.4) is 0 Å². The summed E-state index contributed by atoms with van der Waals surface area (Å²) in [5.74, 6) is 0.782. The van der Waals surface area contributed by atoms with E-state index in [9.17, 15) is 4.79 Å². The van der Waals surface area contributed by atoms with Gasteiger partial charge in [-0.15, -0.1) is 10.2 Å². The maximum Gasteiger partial charge on any atom is 0.251 e. The van der Waals surface area contributed by atoms with Gasteiger partial charge in [0.2, 0.25) is 0 Å². The highest BCUT2D eigenvalue weighted by Crippen LogP contribution is 2.15. The van der Waals surface area contributed by atoms with Crippen LogP contribution in [0.15, 0.2) is 24.5 Å². The van der Waals surface area contributed by atoms with Crippen molar-refractivity contribution in [1.29, 1.82) is 0 Å². The lowest BCUT2D eigenvalue weighted by molar-refractivity contribution is 0.0954. The molecule has 0 aliphatic rings. The molecule has 0 aliphatic heterocycles. The van der Waals surface area contributed by atoms with Gasteiger partial charge >= 0.3 is 0 Å². The summed E-state index contributed by atoms with van der Waals surface area (Å²) in [6, 6.07) is 5.60. The molecule has 1 heterocycles. The molecule has 0 aliphatic carbocycles. The lowest BCUT2D eigenvalue weighted by atomic mass is 10.1. The average molecular weight is 273 g/mol. The Morgan fingerprint density at radius 2 is 2.20 bits per heavy atom. The number of nitrogens with zero attached hydrogens (tertiary/aromatic N) is 3. The van der Waals surface area contributed by atoms with Crippen LogP contribution in [-0.4, -0.2) is 34.3 Å². The zero-order chi connectivity index (χ0) is 14.5. The van der Waals surface area contributed by atoms with Gasteiger partial charge < -0.3 is 15.2 Å². The molecule has 0 saturated heterocycles.